The number of carbonyl (C=O) groups is 2. The molecule has 2 amide bonds. The summed E-state index contributed by atoms with van der Waals surface area (Å²) in [6.07, 6.45) is 4.56. The van der Waals surface area contributed by atoms with E-state index >= 15 is 0 Å². The number of benzene rings is 1. The number of rotatable bonds is 4. The Hall–Kier alpha value is -2.76. The van der Waals surface area contributed by atoms with Crippen LogP contribution in [0.15, 0.2) is 47.3 Å². The highest BCUT2D eigenvalue weighted by Crippen LogP contribution is 2.33. The van der Waals surface area contributed by atoms with Crippen LogP contribution in [-0.4, -0.2) is 34.4 Å². The van der Waals surface area contributed by atoms with Crippen molar-refractivity contribution in [3.05, 3.63) is 54.0 Å². The maximum atomic E-state index is 12.7. The summed E-state index contributed by atoms with van der Waals surface area (Å²) in [6, 6.07) is 7.83. The summed E-state index contributed by atoms with van der Waals surface area (Å²) in [6.45, 7) is 2.35. The van der Waals surface area contributed by atoms with Gasteiger partial charge in [-0.3, -0.25) is 9.59 Å². The van der Waals surface area contributed by atoms with Crippen molar-refractivity contribution in [1.82, 2.24) is 10.2 Å². The molecule has 0 aliphatic carbocycles. The predicted octanol–water partition coefficient (Wildman–Crippen LogP) is 2.47. The van der Waals surface area contributed by atoms with Crippen molar-refractivity contribution in [2.24, 2.45) is 0 Å². The second kappa shape index (κ2) is 6.78. The average Bonchev–Trinajstić information content (AvgIpc) is 3.26. The SMILES string of the molecule is C[C@H](NC(=O)c1ccoc1)C(=O)N1CCC[C@@H]1c1ccc(O)cc1. The Balaban J connectivity index is 1.68. The number of likely N-dealkylation sites (tertiary alicyclic amines) is 1. The fraction of sp³-hybridized carbons (Fsp3) is 0.333. The molecule has 6 heteroatoms. The quantitative estimate of drug-likeness (QED) is 0.903. The molecule has 24 heavy (non-hydrogen) atoms. The number of furan rings is 1. The summed E-state index contributed by atoms with van der Waals surface area (Å²) in [4.78, 5) is 26.6. The van der Waals surface area contributed by atoms with Crippen molar-refractivity contribution in [2.75, 3.05) is 6.54 Å². The van der Waals surface area contributed by atoms with Crippen LogP contribution in [0.3, 0.4) is 0 Å². The van der Waals surface area contributed by atoms with Gasteiger partial charge in [-0.1, -0.05) is 12.1 Å². The van der Waals surface area contributed by atoms with Crippen molar-refractivity contribution in [1.29, 1.82) is 0 Å². The van der Waals surface area contributed by atoms with E-state index in [4.69, 9.17) is 4.42 Å². The molecule has 2 N–H and O–H groups in total. The van der Waals surface area contributed by atoms with E-state index in [-0.39, 0.29) is 23.6 Å². The monoisotopic (exact) mass is 328 g/mol. The van der Waals surface area contributed by atoms with Crippen LogP contribution >= 0.6 is 0 Å². The third-order valence-corrected chi connectivity index (χ3v) is 4.32. The van der Waals surface area contributed by atoms with Gasteiger partial charge in [0.25, 0.3) is 5.91 Å². The lowest BCUT2D eigenvalue weighted by molar-refractivity contribution is -0.133. The van der Waals surface area contributed by atoms with Gasteiger partial charge in [-0.05, 0) is 43.5 Å². The summed E-state index contributed by atoms with van der Waals surface area (Å²) in [5, 5.41) is 12.1. The molecule has 1 fully saturated rings. The first-order valence-electron chi connectivity index (χ1n) is 7.98. The number of nitrogens with one attached hydrogen (secondary N) is 1. The maximum absolute atomic E-state index is 12.7. The lowest BCUT2D eigenvalue weighted by Crippen LogP contribution is -2.46. The maximum Gasteiger partial charge on any atom is 0.255 e. The lowest BCUT2D eigenvalue weighted by Gasteiger charge is -2.28. The Morgan fingerprint density at radius 3 is 2.71 bits per heavy atom. The Morgan fingerprint density at radius 2 is 2.04 bits per heavy atom. The van der Waals surface area contributed by atoms with Crippen LogP contribution in [-0.2, 0) is 4.79 Å². The van der Waals surface area contributed by atoms with E-state index in [1.165, 1.54) is 12.5 Å². The molecule has 2 aromatic rings. The zero-order valence-electron chi connectivity index (χ0n) is 13.4. The van der Waals surface area contributed by atoms with Gasteiger partial charge in [-0.15, -0.1) is 0 Å². The second-order valence-electron chi connectivity index (χ2n) is 5.99. The molecule has 2 atom stereocenters. The number of aromatic hydroxyl groups is 1. The van der Waals surface area contributed by atoms with E-state index < -0.39 is 6.04 Å². The molecule has 1 aromatic heterocycles. The minimum atomic E-state index is -0.620. The lowest BCUT2D eigenvalue weighted by atomic mass is 10.0. The molecule has 1 aromatic carbocycles. The van der Waals surface area contributed by atoms with Gasteiger partial charge in [0.05, 0.1) is 17.9 Å². The Morgan fingerprint density at radius 1 is 1.29 bits per heavy atom. The van der Waals surface area contributed by atoms with Gasteiger partial charge in [-0.25, -0.2) is 0 Å². The highest BCUT2D eigenvalue weighted by atomic mass is 16.3. The fourth-order valence-electron chi connectivity index (χ4n) is 3.06. The number of hydrogen-bond donors (Lipinski definition) is 2. The molecule has 0 spiro atoms. The van der Waals surface area contributed by atoms with E-state index in [1.54, 1.807) is 30.0 Å². The van der Waals surface area contributed by atoms with E-state index in [9.17, 15) is 14.7 Å². The van der Waals surface area contributed by atoms with Gasteiger partial charge in [-0.2, -0.15) is 0 Å². The molecule has 0 unspecified atom stereocenters. The fourth-order valence-corrected chi connectivity index (χ4v) is 3.06. The average molecular weight is 328 g/mol. The van der Waals surface area contributed by atoms with Crippen LogP contribution in [0.25, 0.3) is 0 Å². The molecule has 0 saturated carbocycles. The third kappa shape index (κ3) is 3.27. The van der Waals surface area contributed by atoms with E-state index in [0.717, 1.165) is 18.4 Å². The van der Waals surface area contributed by atoms with E-state index in [1.807, 2.05) is 12.1 Å². The van der Waals surface area contributed by atoms with Gasteiger partial charge >= 0.3 is 0 Å². The van der Waals surface area contributed by atoms with Crippen molar-refractivity contribution in [3.8, 4) is 5.75 Å². The molecule has 2 heterocycles. The first-order valence-corrected chi connectivity index (χ1v) is 7.98. The number of nitrogens with zero attached hydrogens (tertiary/aromatic N) is 1. The Bertz CT molecular complexity index is 709. The normalized spacial score (nSPS) is 18.4. The molecule has 1 aliphatic rings. The van der Waals surface area contributed by atoms with Gasteiger partial charge < -0.3 is 19.7 Å². The first kappa shape index (κ1) is 16.1. The minimum Gasteiger partial charge on any atom is -0.508 e. The zero-order valence-corrected chi connectivity index (χ0v) is 13.4. The molecule has 0 radical (unpaired) electrons. The molecule has 0 bridgehead atoms. The molecule has 1 aliphatic heterocycles. The largest absolute Gasteiger partial charge is 0.508 e. The Labute approximate surface area is 140 Å². The van der Waals surface area contributed by atoms with Crippen molar-refractivity contribution in [2.45, 2.75) is 31.8 Å². The number of phenolic OH excluding ortho intramolecular Hbond substituents is 1. The summed E-state index contributed by atoms with van der Waals surface area (Å²) in [5.41, 5.74) is 1.39. The van der Waals surface area contributed by atoms with Gasteiger partial charge in [0.1, 0.15) is 18.1 Å². The number of phenols is 1. The Kier molecular flexibility index (Phi) is 4.55. The molecule has 3 rings (SSSR count). The highest BCUT2D eigenvalue weighted by molar-refractivity contribution is 5.97. The van der Waals surface area contributed by atoms with E-state index in [0.29, 0.717) is 12.1 Å². The zero-order chi connectivity index (χ0) is 17.1. The van der Waals surface area contributed by atoms with Gasteiger partial charge in [0.15, 0.2) is 0 Å². The van der Waals surface area contributed by atoms with Crippen LogP contribution in [0, 0.1) is 0 Å². The van der Waals surface area contributed by atoms with Crippen LogP contribution in [0.1, 0.15) is 41.7 Å². The molecular formula is C18H20N2O4. The molecular weight excluding hydrogens is 308 g/mol. The van der Waals surface area contributed by atoms with Crippen LogP contribution in [0.5, 0.6) is 5.75 Å². The van der Waals surface area contributed by atoms with E-state index in [2.05, 4.69) is 5.32 Å². The number of carbonyl (C=O) groups excluding carboxylic acids is 2. The van der Waals surface area contributed by atoms with Crippen molar-refractivity contribution >= 4 is 11.8 Å². The highest BCUT2D eigenvalue weighted by Gasteiger charge is 2.33. The van der Waals surface area contributed by atoms with Crippen LogP contribution in [0.2, 0.25) is 0 Å². The summed E-state index contributed by atoms with van der Waals surface area (Å²) < 4.78 is 4.89. The first-order chi connectivity index (χ1) is 11.6. The van der Waals surface area contributed by atoms with Crippen molar-refractivity contribution < 1.29 is 19.1 Å². The smallest absolute Gasteiger partial charge is 0.255 e. The van der Waals surface area contributed by atoms with Crippen LogP contribution < -0.4 is 5.32 Å². The molecule has 1 saturated heterocycles. The third-order valence-electron chi connectivity index (χ3n) is 4.32. The topological polar surface area (TPSA) is 82.8 Å². The number of amides is 2. The molecule has 126 valence electrons. The number of hydrogen-bond acceptors (Lipinski definition) is 4. The summed E-state index contributed by atoms with van der Waals surface area (Å²) in [5.74, 6) is -0.234. The summed E-state index contributed by atoms with van der Waals surface area (Å²) in [7, 11) is 0. The second-order valence-corrected chi connectivity index (χ2v) is 5.99. The predicted molar refractivity (Wildman–Crippen MR) is 87.4 cm³/mol. The van der Waals surface area contributed by atoms with Gasteiger partial charge in [0.2, 0.25) is 5.91 Å². The minimum absolute atomic E-state index is 0.0219. The van der Waals surface area contributed by atoms with Crippen LogP contribution in [0.4, 0.5) is 0 Å². The molecule has 6 nitrogen and oxygen atoms in total. The standard InChI is InChI=1S/C18H20N2O4/c1-12(19-17(22)14-8-10-24-11-14)18(23)20-9-2-3-16(20)13-4-6-15(21)7-5-13/h4-8,10-12,16,21H,2-3,9H2,1H3,(H,19,22)/t12-,16+/m0/s1. The van der Waals surface area contributed by atoms with Gasteiger partial charge in [0, 0.05) is 6.54 Å². The summed E-state index contributed by atoms with van der Waals surface area (Å²) >= 11 is 0. The van der Waals surface area contributed by atoms with Crippen molar-refractivity contribution in [3.63, 3.8) is 0 Å².